The van der Waals surface area contributed by atoms with Gasteiger partial charge in [-0.1, -0.05) is 0 Å². The minimum Gasteiger partial charge on any atom is -0.369 e. The second kappa shape index (κ2) is 2.71. The predicted octanol–water partition coefficient (Wildman–Crippen LogP) is 0.901. The fourth-order valence-electron chi connectivity index (χ4n) is 1.28. The molecule has 1 unspecified atom stereocenters. The van der Waals surface area contributed by atoms with Crippen LogP contribution in [0.2, 0.25) is 0 Å². The van der Waals surface area contributed by atoms with Crippen molar-refractivity contribution in [2.75, 3.05) is 0 Å². The van der Waals surface area contributed by atoms with Crippen molar-refractivity contribution in [1.29, 1.82) is 0 Å². The van der Waals surface area contributed by atoms with Gasteiger partial charge in [-0.15, -0.1) is 11.3 Å². The molecular formula is C8H8N2OS. The van der Waals surface area contributed by atoms with Gasteiger partial charge in [-0.05, 0) is 17.0 Å². The largest absolute Gasteiger partial charge is 0.369 e. The lowest BCUT2D eigenvalue weighted by Gasteiger charge is -2.12. The molecule has 1 amide bonds. The van der Waals surface area contributed by atoms with Crippen molar-refractivity contribution in [3.8, 4) is 0 Å². The molecule has 2 N–H and O–H groups in total. The fourth-order valence-corrected chi connectivity index (χ4v) is 2.26. The molecule has 0 aliphatic carbocycles. The number of hydrogen-bond acceptors (Lipinski definition) is 3. The Hall–Kier alpha value is -1.16. The van der Waals surface area contributed by atoms with E-state index >= 15 is 0 Å². The number of primary amides is 1. The summed E-state index contributed by atoms with van der Waals surface area (Å²) >= 11 is 1.57. The summed E-state index contributed by atoms with van der Waals surface area (Å²) in [6, 6.07) is 1.99. The quantitative estimate of drug-likeness (QED) is 0.686. The summed E-state index contributed by atoms with van der Waals surface area (Å²) in [6.07, 6.45) is 1.64. The van der Waals surface area contributed by atoms with E-state index in [0.717, 1.165) is 10.4 Å². The summed E-state index contributed by atoms with van der Waals surface area (Å²) in [4.78, 5) is 16.1. The first-order valence-corrected chi connectivity index (χ1v) is 4.52. The Morgan fingerprint density at radius 2 is 2.58 bits per heavy atom. The van der Waals surface area contributed by atoms with Gasteiger partial charge in [-0.3, -0.25) is 9.79 Å². The van der Waals surface area contributed by atoms with Gasteiger partial charge in [-0.2, -0.15) is 0 Å². The van der Waals surface area contributed by atoms with Crippen LogP contribution in [0.5, 0.6) is 0 Å². The van der Waals surface area contributed by atoms with Gasteiger partial charge in [0.15, 0.2) is 0 Å². The SMILES string of the molecule is NC(=O)C1C=NCc2ccsc21. The average Bonchev–Trinajstić information content (AvgIpc) is 2.49. The monoisotopic (exact) mass is 180 g/mol. The van der Waals surface area contributed by atoms with Crippen LogP contribution in [0.4, 0.5) is 0 Å². The van der Waals surface area contributed by atoms with Gasteiger partial charge in [0.05, 0.1) is 6.54 Å². The van der Waals surface area contributed by atoms with E-state index in [1.807, 2.05) is 11.4 Å². The Balaban J connectivity index is 2.44. The number of nitrogens with zero attached hydrogens (tertiary/aromatic N) is 1. The lowest BCUT2D eigenvalue weighted by Crippen LogP contribution is -2.24. The highest BCUT2D eigenvalue weighted by molar-refractivity contribution is 7.10. The van der Waals surface area contributed by atoms with E-state index in [2.05, 4.69) is 4.99 Å². The maximum Gasteiger partial charge on any atom is 0.231 e. The Kier molecular flexibility index (Phi) is 1.69. The van der Waals surface area contributed by atoms with Crippen LogP contribution < -0.4 is 5.73 Å². The van der Waals surface area contributed by atoms with Gasteiger partial charge in [0.2, 0.25) is 5.91 Å². The smallest absolute Gasteiger partial charge is 0.231 e. The highest BCUT2D eigenvalue weighted by atomic mass is 32.1. The first-order valence-electron chi connectivity index (χ1n) is 3.64. The van der Waals surface area contributed by atoms with Crippen molar-refractivity contribution in [3.05, 3.63) is 21.9 Å². The van der Waals surface area contributed by atoms with Gasteiger partial charge in [0, 0.05) is 11.1 Å². The van der Waals surface area contributed by atoms with E-state index in [9.17, 15) is 4.79 Å². The number of nitrogens with two attached hydrogens (primary N) is 1. The van der Waals surface area contributed by atoms with Crippen molar-refractivity contribution in [3.63, 3.8) is 0 Å². The van der Waals surface area contributed by atoms with Crippen LogP contribution in [0, 0.1) is 0 Å². The normalized spacial score (nSPS) is 20.5. The lowest BCUT2D eigenvalue weighted by molar-refractivity contribution is -0.117. The summed E-state index contributed by atoms with van der Waals surface area (Å²) in [5.41, 5.74) is 6.35. The zero-order valence-electron chi connectivity index (χ0n) is 6.36. The molecule has 12 heavy (non-hydrogen) atoms. The van der Waals surface area contributed by atoms with E-state index in [0.29, 0.717) is 6.54 Å². The molecule has 0 aromatic carbocycles. The second-order valence-electron chi connectivity index (χ2n) is 2.68. The van der Waals surface area contributed by atoms with Gasteiger partial charge < -0.3 is 5.73 Å². The Bertz CT molecular complexity index is 343. The van der Waals surface area contributed by atoms with E-state index in [1.54, 1.807) is 17.6 Å². The highest BCUT2D eigenvalue weighted by Gasteiger charge is 2.22. The molecule has 0 fully saturated rings. The van der Waals surface area contributed by atoms with E-state index in [-0.39, 0.29) is 11.8 Å². The number of carbonyl (C=O) groups is 1. The maximum absolute atomic E-state index is 11.0. The zero-order chi connectivity index (χ0) is 8.55. The highest BCUT2D eigenvalue weighted by Crippen LogP contribution is 2.28. The number of thiophene rings is 1. The van der Waals surface area contributed by atoms with Crippen molar-refractivity contribution in [2.24, 2.45) is 10.7 Å². The molecule has 0 saturated heterocycles. The molecular weight excluding hydrogens is 172 g/mol. The number of rotatable bonds is 1. The standard InChI is InChI=1S/C8H8N2OS/c9-8(11)6-4-10-3-5-1-2-12-7(5)6/h1-2,4,6H,3H2,(H2,9,11). The zero-order valence-corrected chi connectivity index (χ0v) is 7.17. The van der Waals surface area contributed by atoms with Crippen LogP contribution in [-0.2, 0) is 11.3 Å². The van der Waals surface area contributed by atoms with Gasteiger partial charge in [0.25, 0.3) is 0 Å². The first kappa shape index (κ1) is 7.49. The van der Waals surface area contributed by atoms with Gasteiger partial charge in [0.1, 0.15) is 5.92 Å². The average molecular weight is 180 g/mol. The fraction of sp³-hybridized carbons (Fsp3) is 0.250. The topological polar surface area (TPSA) is 55.5 Å². The van der Waals surface area contributed by atoms with Crippen LogP contribution in [0.25, 0.3) is 0 Å². The minimum absolute atomic E-state index is 0.297. The molecule has 0 radical (unpaired) electrons. The van der Waals surface area contributed by atoms with Gasteiger partial charge >= 0.3 is 0 Å². The third-order valence-corrected chi connectivity index (χ3v) is 2.93. The molecule has 1 aliphatic rings. The molecule has 3 nitrogen and oxygen atoms in total. The van der Waals surface area contributed by atoms with E-state index in [1.165, 1.54) is 0 Å². The summed E-state index contributed by atoms with van der Waals surface area (Å²) in [6.45, 7) is 0.683. The second-order valence-corrected chi connectivity index (χ2v) is 3.63. The van der Waals surface area contributed by atoms with E-state index in [4.69, 9.17) is 5.73 Å². The van der Waals surface area contributed by atoms with Crippen LogP contribution in [-0.4, -0.2) is 12.1 Å². The molecule has 1 aliphatic heterocycles. The lowest BCUT2D eigenvalue weighted by atomic mass is 10.0. The van der Waals surface area contributed by atoms with Gasteiger partial charge in [-0.25, -0.2) is 0 Å². The summed E-state index contributed by atoms with van der Waals surface area (Å²) in [5.74, 6) is -0.615. The number of carbonyl (C=O) groups excluding carboxylic acids is 1. The third-order valence-electron chi connectivity index (χ3n) is 1.89. The molecule has 0 bridgehead atoms. The summed E-state index contributed by atoms with van der Waals surface area (Å²) in [5, 5.41) is 1.97. The van der Waals surface area contributed by atoms with Crippen molar-refractivity contribution < 1.29 is 4.79 Å². The first-order chi connectivity index (χ1) is 5.79. The minimum atomic E-state index is -0.317. The summed E-state index contributed by atoms with van der Waals surface area (Å²) < 4.78 is 0. The number of aliphatic imine (C=N–C) groups is 1. The molecule has 2 heterocycles. The molecule has 62 valence electrons. The Morgan fingerprint density at radius 1 is 1.75 bits per heavy atom. The Morgan fingerprint density at radius 3 is 3.33 bits per heavy atom. The van der Waals surface area contributed by atoms with Crippen molar-refractivity contribution in [1.82, 2.24) is 0 Å². The van der Waals surface area contributed by atoms with Crippen LogP contribution in [0.15, 0.2) is 16.4 Å². The van der Waals surface area contributed by atoms with Crippen molar-refractivity contribution in [2.45, 2.75) is 12.5 Å². The predicted molar refractivity (Wildman–Crippen MR) is 48.5 cm³/mol. The van der Waals surface area contributed by atoms with Crippen LogP contribution in [0.3, 0.4) is 0 Å². The molecule has 1 atom stereocenters. The summed E-state index contributed by atoms with van der Waals surface area (Å²) in [7, 11) is 0. The van der Waals surface area contributed by atoms with Crippen LogP contribution in [0.1, 0.15) is 16.4 Å². The molecule has 1 aromatic rings. The van der Waals surface area contributed by atoms with E-state index < -0.39 is 0 Å². The molecule has 0 saturated carbocycles. The Labute approximate surface area is 73.9 Å². The number of amides is 1. The molecule has 1 aromatic heterocycles. The third kappa shape index (κ3) is 1.04. The van der Waals surface area contributed by atoms with Crippen molar-refractivity contribution >= 4 is 23.5 Å². The van der Waals surface area contributed by atoms with Crippen LogP contribution >= 0.6 is 11.3 Å². The molecule has 2 rings (SSSR count). The number of hydrogen-bond donors (Lipinski definition) is 1. The maximum atomic E-state index is 11.0. The molecule has 4 heteroatoms. The molecule has 0 spiro atoms. The number of fused-ring (bicyclic) bond motifs is 1.